The van der Waals surface area contributed by atoms with E-state index >= 15 is 0 Å². The molecule has 1 saturated heterocycles. The normalized spacial score (nSPS) is 23.2. The molecular weight excluding hydrogens is 348 g/mol. The fraction of sp³-hybridized carbons (Fsp3) is 0.500. The zero-order valence-corrected chi connectivity index (χ0v) is 17.2. The molecule has 0 aromatic heterocycles. The van der Waals surface area contributed by atoms with Crippen LogP contribution in [0.3, 0.4) is 0 Å². The average molecular weight is 381 g/mol. The monoisotopic (exact) mass is 380 g/mol. The van der Waals surface area contributed by atoms with Gasteiger partial charge in [0.25, 0.3) is 0 Å². The van der Waals surface area contributed by atoms with E-state index in [0.717, 1.165) is 38.2 Å². The largest absolute Gasteiger partial charge is 0.492 e. The van der Waals surface area contributed by atoms with Crippen LogP contribution < -0.4 is 10.1 Å². The number of hydrogen-bond acceptors (Lipinski definition) is 4. The van der Waals surface area contributed by atoms with Crippen molar-refractivity contribution in [3.63, 3.8) is 0 Å². The van der Waals surface area contributed by atoms with Crippen molar-refractivity contribution in [3.8, 4) is 5.75 Å². The molecule has 0 radical (unpaired) electrons. The van der Waals surface area contributed by atoms with Crippen LogP contribution in [0.4, 0.5) is 0 Å². The van der Waals surface area contributed by atoms with E-state index in [0.29, 0.717) is 6.61 Å². The molecule has 1 aliphatic heterocycles. The number of fused-ring (bicyclic) bond motifs is 2. The zero-order chi connectivity index (χ0) is 19.7. The molecule has 2 aromatic rings. The van der Waals surface area contributed by atoms with E-state index in [2.05, 4.69) is 73.6 Å². The lowest BCUT2D eigenvalue weighted by atomic mass is 9.72. The highest BCUT2D eigenvalue weighted by atomic mass is 16.5. The van der Waals surface area contributed by atoms with Crippen LogP contribution in [0.1, 0.15) is 41.1 Å². The van der Waals surface area contributed by atoms with E-state index in [1.54, 1.807) is 0 Å². The van der Waals surface area contributed by atoms with Crippen LogP contribution in [0.25, 0.3) is 0 Å². The van der Waals surface area contributed by atoms with Gasteiger partial charge in [0.15, 0.2) is 0 Å². The Morgan fingerprint density at radius 1 is 1.11 bits per heavy atom. The fourth-order valence-corrected chi connectivity index (χ4v) is 5.22. The number of piperidine rings is 1. The van der Waals surface area contributed by atoms with Gasteiger partial charge in [0, 0.05) is 12.0 Å². The summed E-state index contributed by atoms with van der Waals surface area (Å²) in [6.45, 7) is 7.51. The van der Waals surface area contributed by atoms with E-state index in [1.165, 1.54) is 22.3 Å². The van der Waals surface area contributed by atoms with Gasteiger partial charge in [-0.25, -0.2) is 0 Å². The minimum Gasteiger partial charge on any atom is -0.492 e. The van der Waals surface area contributed by atoms with Crippen molar-refractivity contribution in [2.75, 3.05) is 33.3 Å². The first kappa shape index (κ1) is 19.4. The van der Waals surface area contributed by atoms with Crippen molar-refractivity contribution >= 4 is 0 Å². The molecule has 2 aromatic carbocycles. The first-order valence-corrected chi connectivity index (χ1v) is 10.4. The topological polar surface area (TPSA) is 44.7 Å². The second kappa shape index (κ2) is 7.86. The Bertz CT molecular complexity index is 809. The van der Waals surface area contributed by atoms with E-state index in [9.17, 15) is 5.11 Å². The van der Waals surface area contributed by atoms with Crippen molar-refractivity contribution in [1.29, 1.82) is 0 Å². The Kier molecular flexibility index (Phi) is 5.46. The van der Waals surface area contributed by atoms with Gasteiger partial charge in [-0.1, -0.05) is 30.3 Å². The number of nitrogens with zero attached hydrogens (tertiary/aromatic N) is 1. The molecule has 4 rings (SSSR count). The summed E-state index contributed by atoms with van der Waals surface area (Å²) in [5.41, 5.74) is 4.95. The lowest BCUT2D eigenvalue weighted by Gasteiger charge is -2.40. The number of aliphatic hydroxyl groups excluding tert-OH is 1. The summed E-state index contributed by atoms with van der Waals surface area (Å²) in [6.07, 6.45) is 1.61. The van der Waals surface area contributed by atoms with Crippen LogP contribution in [0.2, 0.25) is 0 Å². The number of aliphatic hydroxyl groups is 1. The maximum absolute atomic E-state index is 11.4. The van der Waals surface area contributed by atoms with Gasteiger partial charge in [0.2, 0.25) is 0 Å². The third-order valence-corrected chi connectivity index (χ3v) is 6.56. The predicted molar refractivity (Wildman–Crippen MR) is 113 cm³/mol. The molecule has 4 nitrogen and oxygen atoms in total. The van der Waals surface area contributed by atoms with Crippen LogP contribution in [0.15, 0.2) is 42.5 Å². The number of hydrogen-bond donors (Lipinski definition) is 2. The number of likely N-dealkylation sites (N-methyl/N-ethyl adjacent to an activating group) is 1. The highest BCUT2D eigenvalue weighted by Crippen LogP contribution is 2.51. The molecule has 28 heavy (non-hydrogen) atoms. The van der Waals surface area contributed by atoms with Gasteiger partial charge in [0.05, 0.1) is 12.1 Å². The smallest absolute Gasteiger partial charge is 0.119 e. The first-order chi connectivity index (χ1) is 13.5. The van der Waals surface area contributed by atoms with Gasteiger partial charge < -0.3 is 15.2 Å². The minimum atomic E-state index is -0.377. The van der Waals surface area contributed by atoms with E-state index in [1.807, 2.05) is 0 Å². The Morgan fingerprint density at radius 2 is 1.79 bits per heavy atom. The summed E-state index contributed by atoms with van der Waals surface area (Å²) < 4.78 is 6.02. The van der Waals surface area contributed by atoms with Gasteiger partial charge in [-0.2, -0.15) is 0 Å². The maximum Gasteiger partial charge on any atom is 0.119 e. The summed E-state index contributed by atoms with van der Waals surface area (Å²) in [5.74, 6) is 0.924. The Balaban J connectivity index is 1.48. The maximum atomic E-state index is 11.4. The Hall–Kier alpha value is -1.88. The SMILES string of the molecule is Cc1cc(C)cc(OCCN(C)[C@H]2c3ccccc3C3(CCNCC3)[C@@H]2O)c1. The number of nitrogens with one attached hydrogen (secondary N) is 1. The summed E-state index contributed by atoms with van der Waals surface area (Å²) in [6, 6.07) is 15.0. The van der Waals surface area contributed by atoms with Gasteiger partial charge in [-0.05, 0) is 81.2 Å². The molecule has 1 fully saturated rings. The molecule has 1 heterocycles. The zero-order valence-electron chi connectivity index (χ0n) is 17.2. The van der Waals surface area contributed by atoms with Crippen LogP contribution in [0, 0.1) is 13.8 Å². The standard InChI is InChI=1S/C24H32N2O2/c1-17-14-18(2)16-19(15-17)28-13-12-26(3)22-20-6-4-5-7-21(20)24(23(22)27)8-10-25-11-9-24/h4-7,14-16,22-23,25,27H,8-13H2,1-3H3/t22-,23+/m0/s1. The van der Waals surface area contributed by atoms with Gasteiger partial charge in [-0.3, -0.25) is 4.90 Å². The number of ether oxygens (including phenoxy) is 1. The summed E-state index contributed by atoms with van der Waals surface area (Å²) in [5, 5.41) is 14.9. The average Bonchev–Trinajstić information content (AvgIpc) is 2.90. The highest BCUT2D eigenvalue weighted by molar-refractivity contribution is 5.45. The van der Waals surface area contributed by atoms with E-state index in [-0.39, 0.29) is 17.6 Å². The van der Waals surface area contributed by atoms with Crippen molar-refractivity contribution in [2.45, 2.75) is 44.2 Å². The quantitative estimate of drug-likeness (QED) is 0.835. The summed E-state index contributed by atoms with van der Waals surface area (Å²) >= 11 is 0. The summed E-state index contributed by atoms with van der Waals surface area (Å²) in [4.78, 5) is 2.27. The second-order valence-corrected chi connectivity index (χ2v) is 8.54. The lowest BCUT2D eigenvalue weighted by Crippen LogP contribution is -2.48. The van der Waals surface area contributed by atoms with Crippen molar-refractivity contribution in [3.05, 3.63) is 64.7 Å². The second-order valence-electron chi connectivity index (χ2n) is 8.54. The molecule has 150 valence electrons. The third-order valence-electron chi connectivity index (χ3n) is 6.56. The highest BCUT2D eigenvalue weighted by Gasteiger charge is 2.52. The minimum absolute atomic E-state index is 0.0251. The van der Waals surface area contributed by atoms with Crippen molar-refractivity contribution in [2.24, 2.45) is 0 Å². The predicted octanol–water partition coefficient (Wildman–Crippen LogP) is 3.35. The van der Waals surface area contributed by atoms with Crippen LogP contribution in [0.5, 0.6) is 5.75 Å². The Morgan fingerprint density at radius 3 is 2.50 bits per heavy atom. The molecule has 1 aliphatic carbocycles. The molecule has 0 bridgehead atoms. The first-order valence-electron chi connectivity index (χ1n) is 10.4. The van der Waals surface area contributed by atoms with Crippen LogP contribution >= 0.6 is 0 Å². The molecular formula is C24H32N2O2. The molecule has 2 aliphatic rings. The molecule has 0 unspecified atom stereocenters. The molecule has 1 spiro atoms. The van der Waals surface area contributed by atoms with Crippen molar-refractivity contribution in [1.82, 2.24) is 10.2 Å². The molecule has 0 saturated carbocycles. The van der Waals surface area contributed by atoms with Crippen molar-refractivity contribution < 1.29 is 9.84 Å². The molecule has 2 atom stereocenters. The molecule has 2 N–H and O–H groups in total. The lowest BCUT2D eigenvalue weighted by molar-refractivity contribution is 0.00358. The number of rotatable bonds is 5. The Labute approximate surface area is 168 Å². The van der Waals surface area contributed by atoms with Crippen LogP contribution in [-0.4, -0.2) is 49.4 Å². The molecule has 0 amide bonds. The number of aryl methyl sites for hydroxylation is 2. The van der Waals surface area contributed by atoms with Crippen LogP contribution in [-0.2, 0) is 5.41 Å². The van der Waals surface area contributed by atoms with Gasteiger partial charge in [-0.15, -0.1) is 0 Å². The number of benzene rings is 2. The van der Waals surface area contributed by atoms with E-state index in [4.69, 9.17) is 4.74 Å². The third kappa shape index (κ3) is 3.45. The van der Waals surface area contributed by atoms with Gasteiger partial charge in [0.1, 0.15) is 12.4 Å². The summed E-state index contributed by atoms with van der Waals surface area (Å²) in [7, 11) is 2.11. The molecule has 4 heteroatoms. The van der Waals surface area contributed by atoms with Gasteiger partial charge >= 0.3 is 0 Å². The fourth-order valence-electron chi connectivity index (χ4n) is 5.22. The van der Waals surface area contributed by atoms with E-state index < -0.39 is 0 Å².